The number of halogens is 1. The molecule has 0 amide bonds. The Hall–Kier alpha value is -2.91. The molecule has 2 N–H and O–H groups in total. The molecule has 6 rings (SSSR count). The number of fused-ring (bicyclic) bond motifs is 2. The van der Waals surface area contributed by atoms with Crippen LogP contribution in [0.2, 0.25) is 5.15 Å². The molecule has 0 saturated carbocycles. The molecular formula is C27H23ClN4O2S2. The van der Waals surface area contributed by atoms with E-state index < -0.39 is 0 Å². The van der Waals surface area contributed by atoms with Gasteiger partial charge in [-0.2, -0.15) is 0 Å². The number of aromatic nitrogens is 2. The highest BCUT2D eigenvalue weighted by Gasteiger charge is 2.22. The molecule has 4 heterocycles. The summed E-state index contributed by atoms with van der Waals surface area (Å²) in [6.07, 6.45) is 1.79. The van der Waals surface area contributed by atoms with Gasteiger partial charge in [0.1, 0.15) is 5.15 Å². The number of nitrogens with one attached hydrogen (secondary N) is 2. The Morgan fingerprint density at radius 1 is 1.00 bits per heavy atom. The highest BCUT2D eigenvalue weighted by molar-refractivity contribution is 8.05. The van der Waals surface area contributed by atoms with Crippen LogP contribution in [0, 0.1) is 0 Å². The first-order valence-electron chi connectivity index (χ1n) is 11.7. The van der Waals surface area contributed by atoms with Crippen molar-refractivity contribution in [3.63, 3.8) is 0 Å². The van der Waals surface area contributed by atoms with E-state index in [1.54, 1.807) is 41.9 Å². The molecule has 2 aliphatic heterocycles. The van der Waals surface area contributed by atoms with Crippen LogP contribution in [0.25, 0.3) is 11.3 Å². The molecule has 4 aromatic rings. The average molecular weight is 535 g/mol. The topological polar surface area (TPSA) is 70.2 Å². The number of anilines is 2. The summed E-state index contributed by atoms with van der Waals surface area (Å²) >= 11 is 9.39. The van der Waals surface area contributed by atoms with E-state index >= 15 is 0 Å². The molecule has 0 aliphatic carbocycles. The van der Waals surface area contributed by atoms with Crippen LogP contribution in [0.15, 0.2) is 91.2 Å². The van der Waals surface area contributed by atoms with Crippen molar-refractivity contribution in [3.05, 3.63) is 87.9 Å². The normalized spacial score (nSPS) is 14.8. The monoisotopic (exact) mass is 534 g/mol. The zero-order chi connectivity index (χ0) is 24.5. The zero-order valence-corrected chi connectivity index (χ0v) is 21.7. The van der Waals surface area contributed by atoms with E-state index in [0.717, 1.165) is 46.2 Å². The Labute approximate surface area is 222 Å². The quantitative estimate of drug-likeness (QED) is 0.262. The van der Waals surface area contributed by atoms with Gasteiger partial charge >= 0.3 is 0 Å². The first-order chi connectivity index (χ1) is 17.6. The molecular weight excluding hydrogens is 512 g/mol. The Kier molecular flexibility index (Phi) is 6.67. The number of H-pyrrole nitrogens is 1. The number of ether oxygens (including phenoxy) is 1. The molecule has 0 bridgehead atoms. The van der Waals surface area contributed by atoms with Crippen molar-refractivity contribution in [2.75, 3.05) is 36.5 Å². The molecule has 2 aromatic carbocycles. The van der Waals surface area contributed by atoms with E-state index in [1.165, 1.54) is 14.7 Å². The van der Waals surface area contributed by atoms with Gasteiger partial charge in [0.2, 0.25) is 5.56 Å². The minimum atomic E-state index is -0.0907. The van der Waals surface area contributed by atoms with Crippen molar-refractivity contribution in [3.8, 4) is 11.3 Å². The average Bonchev–Trinajstić information content (AvgIpc) is 2.91. The van der Waals surface area contributed by atoms with Crippen LogP contribution in [-0.4, -0.2) is 36.3 Å². The maximum atomic E-state index is 12.6. The lowest BCUT2D eigenvalue weighted by Crippen LogP contribution is -2.36. The van der Waals surface area contributed by atoms with Crippen LogP contribution in [0.4, 0.5) is 11.4 Å². The van der Waals surface area contributed by atoms with Gasteiger partial charge in [0.25, 0.3) is 0 Å². The van der Waals surface area contributed by atoms with Gasteiger partial charge in [-0.1, -0.05) is 53.3 Å². The van der Waals surface area contributed by atoms with E-state index in [0.29, 0.717) is 24.9 Å². The minimum absolute atomic E-state index is 0.0907. The summed E-state index contributed by atoms with van der Waals surface area (Å²) in [6.45, 7) is 3.62. The van der Waals surface area contributed by atoms with Gasteiger partial charge in [-0.15, -0.1) is 0 Å². The molecule has 0 unspecified atom stereocenters. The first-order valence-corrected chi connectivity index (χ1v) is 13.7. The second kappa shape index (κ2) is 10.2. The fourth-order valence-corrected chi connectivity index (χ4v) is 6.84. The molecule has 1 fully saturated rings. The number of benzene rings is 2. The van der Waals surface area contributed by atoms with Crippen molar-refractivity contribution in [2.45, 2.75) is 26.1 Å². The molecule has 2 aliphatic rings. The standard InChI is InChI=1S/C27H23ClN4O2S2/c28-25-7-4-17(16-30-25)15-29-18-5-6-22-24(12-18)35-23-3-1-2-20(27(23)36-22)21-13-19(14-26(33)31-21)32-8-10-34-11-9-32/h1-7,12-14,16,29H,8-11,15H2,(H,31,33). The molecule has 182 valence electrons. The lowest BCUT2D eigenvalue weighted by Gasteiger charge is -2.29. The maximum Gasteiger partial charge on any atom is 0.250 e. The summed E-state index contributed by atoms with van der Waals surface area (Å²) in [5.41, 5.74) is 4.86. The van der Waals surface area contributed by atoms with E-state index in [4.69, 9.17) is 16.3 Å². The summed E-state index contributed by atoms with van der Waals surface area (Å²) in [4.78, 5) is 26.7. The second-order valence-electron chi connectivity index (χ2n) is 8.56. The number of nitrogens with zero attached hydrogens (tertiary/aromatic N) is 2. The SMILES string of the molecule is O=c1cc(N2CCOCC2)cc(-c2cccc3c2Sc2ccc(NCc4ccc(Cl)nc4)cc2S3)[nH]1. The third-order valence-corrected chi connectivity index (χ3v) is 8.95. The Morgan fingerprint density at radius 3 is 2.72 bits per heavy atom. The van der Waals surface area contributed by atoms with Crippen molar-refractivity contribution < 1.29 is 4.74 Å². The highest BCUT2D eigenvalue weighted by Crippen LogP contribution is 2.52. The van der Waals surface area contributed by atoms with E-state index in [9.17, 15) is 4.79 Å². The van der Waals surface area contributed by atoms with Gasteiger partial charge < -0.3 is 19.9 Å². The van der Waals surface area contributed by atoms with Crippen molar-refractivity contribution >= 4 is 46.5 Å². The van der Waals surface area contributed by atoms with Gasteiger partial charge in [-0.05, 0) is 42.0 Å². The summed E-state index contributed by atoms with van der Waals surface area (Å²) in [5, 5.41) is 3.97. The smallest absolute Gasteiger partial charge is 0.250 e. The fourth-order valence-electron chi connectivity index (χ4n) is 4.32. The lowest BCUT2D eigenvalue weighted by atomic mass is 10.1. The Bertz CT molecular complexity index is 1470. The Balaban J connectivity index is 1.26. The van der Waals surface area contributed by atoms with Crippen molar-refractivity contribution in [1.82, 2.24) is 9.97 Å². The summed E-state index contributed by atoms with van der Waals surface area (Å²) < 4.78 is 5.48. The molecule has 1 saturated heterocycles. The van der Waals surface area contributed by atoms with Gasteiger partial charge in [0.15, 0.2) is 0 Å². The number of pyridine rings is 2. The number of hydrogen-bond donors (Lipinski definition) is 2. The molecule has 9 heteroatoms. The molecule has 36 heavy (non-hydrogen) atoms. The van der Waals surface area contributed by atoms with Crippen LogP contribution in [-0.2, 0) is 11.3 Å². The van der Waals surface area contributed by atoms with Crippen molar-refractivity contribution in [1.29, 1.82) is 0 Å². The Morgan fingerprint density at radius 2 is 1.89 bits per heavy atom. The molecule has 0 spiro atoms. The summed E-state index contributed by atoms with van der Waals surface area (Å²) in [5.74, 6) is 0. The minimum Gasteiger partial charge on any atom is -0.381 e. The summed E-state index contributed by atoms with van der Waals surface area (Å²) in [6, 6.07) is 20.3. The van der Waals surface area contributed by atoms with Crippen LogP contribution in [0.3, 0.4) is 0 Å². The van der Waals surface area contributed by atoms with Crippen LogP contribution in [0.1, 0.15) is 5.56 Å². The van der Waals surface area contributed by atoms with Crippen LogP contribution < -0.4 is 15.8 Å². The van der Waals surface area contributed by atoms with Gasteiger partial charge in [-0.25, -0.2) is 4.98 Å². The number of rotatable bonds is 5. The third-order valence-electron chi connectivity index (χ3n) is 6.14. The molecule has 0 radical (unpaired) electrons. The van der Waals surface area contributed by atoms with E-state index in [2.05, 4.69) is 62.6 Å². The molecule has 2 aromatic heterocycles. The van der Waals surface area contributed by atoms with Crippen LogP contribution >= 0.6 is 35.1 Å². The first kappa shape index (κ1) is 23.5. The lowest BCUT2D eigenvalue weighted by molar-refractivity contribution is 0.122. The second-order valence-corrected chi connectivity index (χ2v) is 11.1. The molecule has 0 atom stereocenters. The predicted molar refractivity (Wildman–Crippen MR) is 147 cm³/mol. The number of aromatic amines is 1. The van der Waals surface area contributed by atoms with Gasteiger partial charge in [0.05, 0.1) is 18.9 Å². The largest absolute Gasteiger partial charge is 0.381 e. The number of morpholine rings is 1. The predicted octanol–water partition coefficient (Wildman–Crippen LogP) is 6.15. The van der Waals surface area contributed by atoms with E-state index in [1.807, 2.05) is 6.07 Å². The highest BCUT2D eigenvalue weighted by atomic mass is 35.5. The third kappa shape index (κ3) is 4.99. The summed E-state index contributed by atoms with van der Waals surface area (Å²) in [7, 11) is 0. The van der Waals surface area contributed by atoms with Gasteiger partial charge in [0, 0.05) is 68.4 Å². The number of hydrogen-bond acceptors (Lipinski definition) is 7. The maximum absolute atomic E-state index is 12.6. The van der Waals surface area contributed by atoms with Crippen molar-refractivity contribution in [2.24, 2.45) is 0 Å². The molecule has 6 nitrogen and oxygen atoms in total. The fraction of sp³-hybridized carbons (Fsp3) is 0.185. The zero-order valence-electron chi connectivity index (χ0n) is 19.3. The van der Waals surface area contributed by atoms with Crippen LogP contribution in [0.5, 0.6) is 0 Å². The van der Waals surface area contributed by atoms with E-state index in [-0.39, 0.29) is 5.56 Å². The van der Waals surface area contributed by atoms with Gasteiger partial charge in [-0.3, -0.25) is 4.79 Å².